The van der Waals surface area contributed by atoms with E-state index in [1.165, 1.54) is 81.4 Å². The van der Waals surface area contributed by atoms with Gasteiger partial charge >= 0.3 is 0 Å². The maximum absolute atomic E-state index is 2.37. The Balaban J connectivity index is 1.95. The van der Waals surface area contributed by atoms with Gasteiger partial charge < -0.3 is 0 Å². The number of benzene rings is 4. The van der Waals surface area contributed by atoms with Gasteiger partial charge in [0.05, 0.1) is 0 Å². The van der Waals surface area contributed by atoms with Gasteiger partial charge in [-0.3, -0.25) is 0 Å². The van der Waals surface area contributed by atoms with Crippen molar-refractivity contribution in [2.75, 3.05) is 0 Å². The minimum atomic E-state index is 1.11. The highest BCUT2D eigenvalue weighted by Crippen LogP contribution is 2.47. The lowest BCUT2D eigenvalue weighted by Crippen LogP contribution is -2.07. The van der Waals surface area contributed by atoms with Gasteiger partial charge in [-0.05, 0) is 81.4 Å². The summed E-state index contributed by atoms with van der Waals surface area (Å²) in [5, 5.41) is 0. The molecule has 0 amide bonds. The summed E-state index contributed by atoms with van der Waals surface area (Å²) in [6.07, 6.45) is 7.04. The summed E-state index contributed by atoms with van der Waals surface area (Å²) in [6.45, 7) is 4.61. The Bertz CT molecular complexity index is 1260. The molecule has 0 fully saturated rings. The number of fused-ring (bicyclic) bond motifs is 2. The topological polar surface area (TPSA) is 0 Å². The molecule has 36 heavy (non-hydrogen) atoms. The van der Waals surface area contributed by atoms with Gasteiger partial charge in [-0.1, -0.05) is 136 Å². The van der Waals surface area contributed by atoms with Gasteiger partial charge in [0.2, 0.25) is 0 Å². The van der Waals surface area contributed by atoms with E-state index in [-0.39, 0.29) is 0 Å². The predicted octanol–water partition coefficient (Wildman–Crippen LogP) is 10.3. The van der Waals surface area contributed by atoms with Crippen LogP contribution in [0.15, 0.2) is 109 Å². The van der Waals surface area contributed by atoms with Gasteiger partial charge in [0.15, 0.2) is 0 Å². The zero-order valence-corrected chi connectivity index (χ0v) is 21.6. The zero-order chi connectivity index (χ0) is 24.7. The second-order valence-electron chi connectivity index (χ2n) is 9.74. The van der Waals surface area contributed by atoms with E-state index >= 15 is 0 Å². The molecule has 0 radical (unpaired) electrons. The molecule has 0 aromatic heterocycles. The van der Waals surface area contributed by atoms with E-state index < -0.39 is 0 Å². The van der Waals surface area contributed by atoms with Crippen molar-refractivity contribution in [2.45, 2.75) is 52.4 Å². The third-order valence-electron chi connectivity index (χ3n) is 7.34. The summed E-state index contributed by atoms with van der Waals surface area (Å²) >= 11 is 0. The van der Waals surface area contributed by atoms with Crippen LogP contribution in [0.4, 0.5) is 0 Å². The highest BCUT2D eigenvalue weighted by Gasteiger charge is 2.26. The van der Waals surface area contributed by atoms with Crippen LogP contribution in [-0.4, -0.2) is 0 Å². The lowest BCUT2D eigenvalue weighted by atomic mass is 9.75. The smallest absolute Gasteiger partial charge is 0.00205 e. The number of hydrogen-bond acceptors (Lipinski definition) is 0. The van der Waals surface area contributed by atoms with Crippen molar-refractivity contribution >= 4 is 22.3 Å². The summed E-state index contributed by atoms with van der Waals surface area (Å²) in [4.78, 5) is 0. The average molecular weight is 469 g/mol. The molecule has 0 unspecified atom stereocenters. The summed E-state index contributed by atoms with van der Waals surface area (Å²) in [5.41, 5.74) is 13.8. The first kappa shape index (κ1) is 24.1. The Labute approximate surface area is 217 Å². The molecule has 0 nitrogen and oxygen atoms in total. The first-order valence-corrected chi connectivity index (χ1v) is 13.6. The Morgan fingerprint density at radius 2 is 0.722 bits per heavy atom. The molecule has 0 bridgehead atoms. The van der Waals surface area contributed by atoms with Crippen LogP contribution in [0.1, 0.15) is 85.8 Å². The highest BCUT2D eigenvalue weighted by molar-refractivity contribution is 6.11. The van der Waals surface area contributed by atoms with E-state index in [0.717, 1.165) is 12.8 Å². The second kappa shape index (κ2) is 11.4. The fraction of sp³-hybridized carbons (Fsp3) is 0.222. The predicted molar refractivity (Wildman–Crippen MR) is 157 cm³/mol. The van der Waals surface area contributed by atoms with Crippen LogP contribution >= 0.6 is 0 Å². The molecule has 4 aromatic carbocycles. The quantitative estimate of drug-likeness (QED) is 0.241. The molecule has 0 aliphatic heterocycles. The van der Waals surface area contributed by atoms with Gasteiger partial charge in [-0.25, -0.2) is 0 Å². The summed E-state index contributed by atoms with van der Waals surface area (Å²) in [7, 11) is 0. The molecule has 5 rings (SSSR count). The van der Waals surface area contributed by atoms with E-state index in [2.05, 4.69) is 123 Å². The molecule has 180 valence electrons. The molecule has 0 atom stereocenters. The number of rotatable bonds is 8. The standard InChI is InChI=1S/C36H36/c1-3-5-21-29-30(22-6-4-2)32-24-14-16-26-34(32)36(28-19-11-8-12-20-28)35(27-17-9-7-10-18-27)33-25-15-13-23-31(29)33/h7-20,23-26H,3-6,21-22H2,1-2H3. The Kier molecular flexibility index (Phi) is 7.62. The molecule has 0 N–H and O–H groups in total. The molecular formula is C36H36. The molecule has 0 spiro atoms. The molecule has 4 aromatic rings. The van der Waals surface area contributed by atoms with E-state index in [4.69, 9.17) is 0 Å². The van der Waals surface area contributed by atoms with E-state index in [0.29, 0.717) is 0 Å². The van der Waals surface area contributed by atoms with Gasteiger partial charge in [0.1, 0.15) is 0 Å². The zero-order valence-electron chi connectivity index (χ0n) is 21.6. The van der Waals surface area contributed by atoms with Crippen molar-refractivity contribution in [3.63, 3.8) is 0 Å². The molecular weight excluding hydrogens is 432 g/mol. The van der Waals surface area contributed by atoms with Crippen molar-refractivity contribution in [2.24, 2.45) is 0 Å². The Hall–Kier alpha value is -3.64. The van der Waals surface area contributed by atoms with Crippen LogP contribution in [0.5, 0.6) is 0 Å². The number of hydrogen-bond donors (Lipinski definition) is 0. The van der Waals surface area contributed by atoms with E-state index in [1.807, 2.05) is 0 Å². The number of unbranched alkanes of at least 4 members (excludes halogenated alkanes) is 2. The van der Waals surface area contributed by atoms with Crippen LogP contribution < -0.4 is 0 Å². The van der Waals surface area contributed by atoms with Crippen LogP contribution in [0.25, 0.3) is 22.3 Å². The maximum Gasteiger partial charge on any atom is -0.00205 e. The monoisotopic (exact) mass is 468 g/mol. The van der Waals surface area contributed by atoms with Crippen LogP contribution in [0, 0.1) is 0 Å². The van der Waals surface area contributed by atoms with Gasteiger partial charge in [-0.2, -0.15) is 0 Å². The molecule has 0 heterocycles. The normalized spacial score (nSPS) is 13.2. The number of allylic oxidation sites excluding steroid dienone is 2. The summed E-state index contributed by atoms with van der Waals surface area (Å²) in [6, 6.07) is 40.3. The molecule has 1 aliphatic rings. The van der Waals surface area contributed by atoms with Gasteiger partial charge in [0.25, 0.3) is 0 Å². The highest BCUT2D eigenvalue weighted by atomic mass is 14.3. The lowest BCUT2D eigenvalue weighted by molar-refractivity contribution is 0.808. The van der Waals surface area contributed by atoms with Crippen molar-refractivity contribution in [1.29, 1.82) is 0 Å². The van der Waals surface area contributed by atoms with Crippen LogP contribution in [-0.2, 0) is 0 Å². The Morgan fingerprint density at radius 3 is 1.08 bits per heavy atom. The van der Waals surface area contributed by atoms with Crippen LogP contribution in [0.3, 0.4) is 0 Å². The minimum absolute atomic E-state index is 1.11. The summed E-state index contributed by atoms with van der Waals surface area (Å²) in [5.74, 6) is 0. The minimum Gasteiger partial charge on any atom is -0.0654 e. The first-order valence-electron chi connectivity index (χ1n) is 13.6. The van der Waals surface area contributed by atoms with Crippen molar-refractivity contribution in [3.05, 3.63) is 143 Å². The van der Waals surface area contributed by atoms with Gasteiger partial charge in [-0.15, -0.1) is 0 Å². The van der Waals surface area contributed by atoms with Crippen molar-refractivity contribution < 1.29 is 0 Å². The fourth-order valence-corrected chi connectivity index (χ4v) is 5.61. The van der Waals surface area contributed by atoms with Crippen molar-refractivity contribution in [1.82, 2.24) is 0 Å². The first-order chi connectivity index (χ1) is 17.8. The average Bonchev–Trinajstić information content (AvgIpc) is 2.94. The summed E-state index contributed by atoms with van der Waals surface area (Å²) < 4.78 is 0. The van der Waals surface area contributed by atoms with E-state index in [9.17, 15) is 0 Å². The maximum atomic E-state index is 2.37. The molecule has 1 aliphatic carbocycles. The SMILES string of the molecule is CCCCC1=C(CCCC)c2ccccc2C(c2ccccc2)=C(c2ccccc2)c2ccccc21. The third-order valence-corrected chi connectivity index (χ3v) is 7.34. The van der Waals surface area contributed by atoms with Crippen molar-refractivity contribution in [3.8, 4) is 0 Å². The largest absolute Gasteiger partial charge is 0.0654 e. The van der Waals surface area contributed by atoms with Crippen LogP contribution in [0.2, 0.25) is 0 Å². The third kappa shape index (κ3) is 4.73. The van der Waals surface area contributed by atoms with E-state index in [1.54, 1.807) is 0 Å². The van der Waals surface area contributed by atoms with Gasteiger partial charge in [0, 0.05) is 0 Å². The fourth-order valence-electron chi connectivity index (χ4n) is 5.61. The Morgan fingerprint density at radius 1 is 0.389 bits per heavy atom. The molecule has 0 saturated carbocycles. The molecule has 0 heteroatoms. The second-order valence-corrected chi connectivity index (χ2v) is 9.74. The molecule has 0 saturated heterocycles. The lowest BCUT2D eigenvalue weighted by Gasteiger charge is -2.28.